The van der Waals surface area contributed by atoms with Crippen LogP contribution in [0.3, 0.4) is 0 Å². The maximum absolute atomic E-state index is 13.3. The van der Waals surface area contributed by atoms with Gasteiger partial charge in [-0.1, -0.05) is 6.92 Å². The Kier molecular flexibility index (Phi) is 5.25. The fraction of sp³-hybridized carbons (Fsp3) is 0.462. The first-order chi connectivity index (χ1) is 9.36. The van der Waals surface area contributed by atoms with Crippen molar-refractivity contribution in [2.45, 2.75) is 13.3 Å². The SMILES string of the molecule is CC1(CN)CCN(C(=O)c2cc(F)ccc2[N+](=O)[O-])C1.Cl. The van der Waals surface area contributed by atoms with E-state index >= 15 is 0 Å². The summed E-state index contributed by atoms with van der Waals surface area (Å²) >= 11 is 0. The van der Waals surface area contributed by atoms with Gasteiger partial charge in [-0.3, -0.25) is 14.9 Å². The van der Waals surface area contributed by atoms with Crippen molar-refractivity contribution in [3.8, 4) is 0 Å². The number of likely N-dealkylation sites (tertiary alicyclic amines) is 1. The maximum Gasteiger partial charge on any atom is 0.282 e. The minimum atomic E-state index is -0.676. The molecule has 1 aromatic carbocycles. The summed E-state index contributed by atoms with van der Waals surface area (Å²) in [6.45, 7) is 3.29. The Bertz CT molecular complexity index is 570. The molecule has 2 rings (SSSR count). The topological polar surface area (TPSA) is 89.5 Å². The number of halogens is 2. The third kappa shape index (κ3) is 3.48. The van der Waals surface area contributed by atoms with Crippen LogP contribution in [0.15, 0.2) is 18.2 Å². The van der Waals surface area contributed by atoms with Crippen molar-refractivity contribution >= 4 is 24.0 Å². The lowest BCUT2D eigenvalue weighted by atomic mass is 9.90. The zero-order valence-corrected chi connectivity index (χ0v) is 12.4. The van der Waals surface area contributed by atoms with Gasteiger partial charge in [0.25, 0.3) is 11.6 Å². The minimum absolute atomic E-state index is 0. The number of carbonyl (C=O) groups is 1. The predicted molar refractivity (Wildman–Crippen MR) is 78.0 cm³/mol. The van der Waals surface area contributed by atoms with E-state index in [-0.39, 0.29) is 29.1 Å². The summed E-state index contributed by atoms with van der Waals surface area (Å²) in [7, 11) is 0. The van der Waals surface area contributed by atoms with Crippen LogP contribution in [0, 0.1) is 21.3 Å². The third-order valence-electron chi connectivity index (χ3n) is 3.72. The van der Waals surface area contributed by atoms with Gasteiger partial charge in [-0.25, -0.2) is 4.39 Å². The smallest absolute Gasteiger partial charge is 0.282 e. The second-order valence-electron chi connectivity index (χ2n) is 5.41. The second-order valence-corrected chi connectivity index (χ2v) is 5.41. The summed E-state index contributed by atoms with van der Waals surface area (Å²) in [6, 6.07) is 2.90. The molecule has 0 bridgehead atoms. The highest BCUT2D eigenvalue weighted by molar-refractivity contribution is 5.98. The average Bonchev–Trinajstić information content (AvgIpc) is 2.81. The lowest BCUT2D eigenvalue weighted by molar-refractivity contribution is -0.385. The van der Waals surface area contributed by atoms with Gasteiger partial charge in [0, 0.05) is 19.2 Å². The molecule has 2 N–H and O–H groups in total. The van der Waals surface area contributed by atoms with Crippen LogP contribution < -0.4 is 5.73 Å². The van der Waals surface area contributed by atoms with Gasteiger partial charge in [0.1, 0.15) is 11.4 Å². The number of hydrogen-bond acceptors (Lipinski definition) is 4. The number of carbonyl (C=O) groups excluding carboxylic acids is 1. The highest BCUT2D eigenvalue weighted by Crippen LogP contribution is 2.31. The number of amides is 1. The van der Waals surface area contributed by atoms with Crippen LogP contribution in [0.25, 0.3) is 0 Å². The first-order valence-electron chi connectivity index (χ1n) is 6.29. The molecule has 0 radical (unpaired) electrons. The summed E-state index contributed by atoms with van der Waals surface area (Å²) in [5.74, 6) is -1.19. The van der Waals surface area contributed by atoms with Crippen molar-refractivity contribution in [2.75, 3.05) is 19.6 Å². The van der Waals surface area contributed by atoms with Crippen molar-refractivity contribution in [1.82, 2.24) is 4.90 Å². The molecule has 0 saturated carbocycles. The lowest BCUT2D eigenvalue weighted by Gasteiger charge is -2.22. The van der Waals surface area contributed by atoms with E-state index in [4.69, 9.17) is 5.73 Å². The van der Waals surface area contributed by atoms with E-state index in [2.05, 4.69) is 0 Å². The van der Waals surface area contributed by atoms with Gasteiger partial charge in [0.2, 0.25) is 0 Å². The Hall–Kier alpha value is -1.73. The molecule has 1 fully saturated rings. The summed E-state index contributed by atoms with van der Waals surface area (Å²) in [6.07, 6.45) is 0.734. The standard InChI is InChI=1S/C13H16FN3O3.ClH/c1-13(7-15)4-5-16(8-13)12(18)10-6-9(14)2-3-11(10)17(19)20;/h2-3,6H,4-5,7-8,15H2,1H3;1H. The van der Waals surface area contributed by atoms with Crippen molar-refractivity contribution in [3.05, 3.63) is 39.7 Å². The largest absolute Gasteiger partial charge is 0.338 e. The normalized spacial score (nSPS) is 21.0. The molecule has 8 heteroatoms. The summed E-state index contributed by atoms with van der Waals surface area (Å²) in [5.41, 5.74) is 4.89. The molecule has 1 saturated heterocycles. The Morgan fingerprint density at radius 2 is 2.24 bits per heavy atom. The van der Waals surface area contributed by atoms with E-state index in [0.29, 0.717) is 19.6 Å². The molecule has 6 nitrogen and oxygen atoms in total. The molecule has 1 aromatic rings. The summed E-state index contributed by atoms with van der Waals surface area (Å²) < 4.78 is 13.3. The third-order valence-corrected chi connectivity index (χ3v) is 3.72. The van der Waals surface area contributed by atoms with Crippen molar-refractivity contribution < 1.29 is 14.1 Å². The highest BCUT2D eigenvalue weighted by Gasteiger charge is 2.37. The van der Waals surface area contributed by atoms with Crippen LogP contribution in [0.2, 0.25) is 0 Å². The molecule has 1 heterocycles. The molecule has 1 aliphatic heterocycles. The van der Waals surface area contributed by atoms with Crippen LogP contribution in [0.5, 0.6) is 0 Å². The van der Waals surface area contributed by atoms with Crippen LogP contribution >= 0.6 is 12.4 Å². The van der Waals surface area contributed by atoms with Gasteiger partial charge in [-0.15, -0.1) is 12.4 Å². The molecule has 0 aromatic heterocycles. The summed E-state index contributed by atoms with van der Waals surface area (Å²) in [4.78, 5) is 24.1. The molecule has 0 spiro atoms. The number of benzene rings is 1. The molecule has 1 atom stereocenters. The molecular formula is C13H17ClFN3O3. The van der Waals surface area contributed by atoms with E-state index in [9.17, 15) is 19.3 Å². The van der Waals surface area contributed by atoms with Crippen LogP contribution in [0.4, 0.5) is 10.1 Å². The number of nitrogens with two attached hydrogens (primary N) is 1. The van der Waals surface area contributed by atoms with Gasteiger partial charge in [0.05, 0.1) is 4.92 Å². The lowest BCUT2D eigenvalue weighted by Crippen LogP contribution is -2.34. The quantitative estimate of drug-likeness (QED) is 0.681. The van der Waals surface area contributed by atoms with Gasteiger partial charge < -0.3 is 10.6 Å². The molecule has 21 heavy (non-hydrogen) atoms. The second kappa shape index (κ2) is 6.36. The number of nitro groups is 1. The van der Waals surface area contributed by atoms with Crippen molar-refractivity contribution in [3.63, 3.8) is 0 Å². The fourth-order valence-electron chi connectivity index (χ4n) is 2.37. The number of nitrogens with zero attached hydrogens (tertiary/aromatic N) is 2. The van der Waals surface area contributed by atoms with Gasteiger partial charge >= 0.3 is 0 Å². The van der Waals surface area contributed by atoms with Gasteiger partial charge in [-0.05, 0) is 30.5 Å². The summed E-state index contributed by atoms with van der Waals surface area (Å²) in [5, 5.41) is 10.9. The Morgan fingerprint density at radius 1 is 1.57 bits per heavy atom. The van der Waals surface area contributed by atoms with Crippen molar-refractivity contribution in [2.24, 2.45) is 11.1 Å². The first kappa shape index (κ1) is 17.3. The minimum Gasteiger partial charge on any atom is -0.338 e. The van der Waals surface area contributed by atoms with Crippen LogP contribution in [-0.2, 0) is 0 Å². The van der Waals surface area contributed by atoms with E-state index in [1.165, 1.54) is 4.90 Å². The van der Waals surface area contributed by atoms with Crippen LogP contribution in [-0.4, -0.2) is 35.4 Å². The Balaban J connectivity index is 0.00000220. The highest BCUT2D eigenvalue weighted by atomic mass is 35.5. The fourth-order valence-corrected chi connectivity index (χ4v) is 2.37. The molecule has 1 aliphatic rings. The predicted octanol–water partition coefficient (Wildman–Crippen LogP) is 1.97. The molecule has 1 amide bonds. The Morgan fingerprint density at radius 3 is 2.76 bits per heavy atom. The van der Waals surface area contributed by atoms with E-state index in [1.54, 1.807) is 0 Å². The van der Waals surface area contributed by atoms with Crippen LogP contribution in [0.1, 0.15) is 23.7 Å². The monoisotopic (exact) mass is 317 g/mol. The molecule has 1 unspecified atom stereocenters. The average molecular weight is 318 g/mol. The van der Waals surface area contributed by atoms with Gasteiger partial charge in [-0.2, -0.15) is 0 Å². The zero-order chi connectivity index (χ0) is 14.9. The van der Waals surface area contributed by atoms with E-state index in [0.717, 1.165) is 24.6 Å². The van der Waals surface area contributed by atoms with Crippen molar-refractivity contribution in [1.29, 1.82) is 0 Å². The molecule has 116 valence electrons. The first-order valence-corrected chi connectivity index (χ1v) is 6.29. The number of nitro benzene ring substituents is 1. The molecular weight excluding hydrogens is 301 g/mol. The maximum atomic E-state index is 13.3. The zero-order valence-electron chi connectivity index (χ0n) is 11.5. The number of rotatable bonds is 3. The van der Waals surface area contributed by atoms with E-state index < -0.39 is 16.6 Å². The Labute approximate surface area is 127 Å². The van der Waals surface area contributed by atoms with E-state index in [1.807, 2.05) is 6.92 Å². The number of hydrogen-bond donors (Lipinski definition) is 1. The molecule has 0 aliphatic carbocycles. The van der Waals surface area contributed by atoms with Gasteiger partial charge in [0.15, 0.2) is 0 Å².